The first kappa shape index (κ1) is 15.2. The number of carboxylic acid groups (broad SMARTS) is 1. The molecule has 0 aliphatic rings. The Bertz CT molecular complexity index is 731. The van der Waals surface area contributed by atoms with Crippen molar-refractivity contribution < 1.29 is 19.1 Å². The van der Waals surface area contributed by atoms with E-state index >= 15 is 0 Å². The number of carbonyl (C=O) groups is 2. The molecule has 0 radical (unpaired) electrons. The Morgan fingerprint density at radius 2 is 1.95 bits per heavy atom. The molecule has 0 aliphatic carbocycles. The molecule has 0 unspecified atom stereocenters. The second-order valence-electron chi connectivity index (χ2n) is 4.39. The molecule has 21 heavy (non-hydrogen) atoms. The van der Waals surface area contributed by atoms with Crippen molar-refractivity contribution in [2.75, 3.05) is 5.32 Å². The minimum absolute atomic E-state index is 0.0709. The normalized spacial score (nSPS) is 10.2. The smallest absolute Gasteiger partial charge is 0.335 e. The third kappa shape index (κ3) is 3.28. The quantitative estimate of drug-likeness (QED) is 0.882. The van der Waals surface area contributed by atoms with Gasteiger partial charge in [0, 0.05) is 4.47 Å². The van der Waals surface area contributed by atoms with Gasteiger partial charge < -0.3 is 10.4 Å². The number of aromatic carboxylic acids is 1. The van der Waals surface area contributed by atoms with Crippen molar-refractivity contribution in [1.29, 1.82) is 0 Å². The number of aryl methyl sites for hydroxylation is 1. The highest BCUT2D eigenvalue weighted by Crippen LogP contribution is 2.23. The average molecular weight is 352 g/mol. The Hall–Kier alpha value is -2.21. The molecule has 0 heterocycles. The van der Waals surface area contributed by atoms with E-state index in [0.29, 0.717) is 10.0 Å². The summed E-state index contributed by atoms with van der Waals surface area (Å²) in [6, 6.07) is 8.48. The Kier molecular flexibility index (Phi) is 4.37. The minimum atomic E-state index is -1.23. The van der Waals surface area contributed by atoms with Gasteiger partial charge in [0.15, 0.2) is 0 Å². The number of carboxylic acids is 1. The molecule has 4 nitrogen and oxygen atoms in total. The van der Waals surface area contributed by atoms with Crippen LogP contribution >= 0.6 is 15.9 Å². The number of benzene rings is 2. The van der Waals surface area contributed by atoms with Crippen LogP contribution in [0.4, 0.5) is 10.1 Å². The van der Waals surface area contributed by atoms with Crippen molar-refractivity contribution in [2.45, 2.75) is 6.92 Å². The first-order chi connectivity index (χ1) is 9.90. The number of hydrogen-bond acceptors (Lipinski definition) is 2. The zero-order valence-corrected chi connectivity index (χ0v) is 12.6. The summed E-state index contributed by atoms with van der Waals surface area (Å²) in [4.78, 5) is 22.9. The minimum Gasteiger partial charge on any atom is -0.478 e. The summed E-state index contributed by atoms with van der Waals surface area (Å²) < 4.78 is 14.4. The van der Waals surface area contributed by atoms with Crippen LogP contribution in [0.15, 0.2) is 40.9 Å². The van der Waals surface area contributed by atoms with Gasteiger partial charge in [0.05, 0.1) is 16.8 Å². The fourth-order valence-electron chi connectivity index (χ4n) is 1.76. The highest BCUT2D eigenvalue weighted by Gasteiger charge is 2.14. The zero-order valence-electron chi connectivity index (χ0n) is 11.0. The van der Waals surface area contributed by atoms with Gasteiger partial charge in [0.25, 0.3) is 5.91 Å². The summed E-state index contributed by atoms with van der Waals surface area (Å²) in [5, 5.41) is 11.2. The van der Waals surface area contributed by atoms with E-state index < -0.39 is 17.7 Å². The first-order valence-corrected chi connectivity index (χ1v) is 6.78. The molecule has 1 amide bonds. The summed E-state index contributed by atoms with van der Waals surface area (Å²) >= 11 is 3.31. The maximum absolute atomic E-state index is 13.8. The topological polar surface area (TPSA) is 66.4 Å². The van der Waals surface area contributed by atoms with E-state index in [1.807, 2.05) is 13.0 Å². The molecule has 0 spiro atoms. The van der Waals surface area contributed by atoms with Crippen molar-refractivity contribution in [2.24, 2.45) is 0 Å². The van der Waals surface area contributed by atoms with E-state index in [1.165, 1.54) is 12.1 Å². The lowest BCUT2D eigenvalue weighted by molar-refractivity contribution is 0.0696. The van der Waals surface area contributed by atoms with E-state index in [2.05, 4.69) is 21.2 Å². The Labute approximate surface area is 128 Å². The first-order valence-electron chi connectivity index (χ1n) is 5.99. The molecule has 6 heteroatoms. The Balaban J connectivity index is 2.28. The fraction of sp³-hybridized carbons (Fsp3) is 0.0667. The van der Waals surface area contributed by atoms with Crippen LogP contribution in [0.5, 0.6) is 0 Å². The van der Waals surface area contributed by atoms with E-state index in [9.17, 15) is 14.0 Å². The molecule has 2 aromatic rings. The van der Waals surface area contributed by atoms with Crippen molar-refractivity contribution in [3.8, 4) is 0 Å². The van der Waals surface area contributed by atoms with Crippen molar-refractivity contribution in [3.63, 3.8) is 0 Å². The molecule has 0 aliphatic heterocycles. The molecular formula is C15H11BrFNO3. The van der Waals surface area contributed by atoms with Crippen LogP contribution < -0.4 is 5.32 Å². The van der Waals surface area contributed by atoms with E-state index in [-0.39, 0.29) is 11.3 Å². The van der Waals surface area contributed by atoms with Crippen LogP contribution in [-0.2, 0) is 0 Å². The van der Waals surface area contributed by atoms with Crippen LogP contribution in [0, 0.1) is 12.7 Å². The highest BCUT2D eigenvalue weighted by atomic mass is 79.9. The molecule has 108 valence electrons. The number of nitrogens with one attached hydrogen (secondary N) is 1. The molecule has 2 N–H and O–H groups in total. The lowest BCUT2D eigenvalue weighted by atomic mass is 10.1. The zero-order chi connectivity index (χ0) is 15.6. The van der Waals surface area contributed by atoms with Gasteiger partial charge in [-0.25, -0.2) is 9.18 Å². The van der Waals surface area contributed by atoms with Crippen molar-refractivity contribution in [3.05, 3.63) is 63.4 Å². The van der Waals surface area contributed by atoms with E-state index in [1.54, 1.807) is 12.1 Å². The highest BCUT2D eigenvalue weighted by molar-refractivity contribution is 9.10. The van der Waals surface area contributed by atoms with Gasteiger partial charge in [-0.05, 0) is 52.7 Å². The summed E-state index contributed by atoms with van der Waals surface area (Å²) in [6.07, 6.45) is 0. The number of rotatable bonds is 3. The summed E-state index contributed by atoms with van der Waals surface area (Å²) in [5.41, 5.74) is 1.00. The van der Waals surface area contributed by atoms with Gasteiger partial charge in [0.1, 0.15) is 5.82 Å². The Morgan fingerprint density at radius 1 is 1.24 bits per heavy atom. The molecule has 0 bridgehead atoms. The van der Waals surface area contributed by atoms with Gasteiger partial charge in [-0.2, -0.15) is 0 Å². The van der Waals surface area contributed by atoms with Crippen LogP contribution in [-0.4, -0.2) is 17.0 Å². The van der Waals surface area contributed by atoms with Gasteiger partial charge in [0.2, 0.25) is 0 Å². The van der Waals surface area contributed by atoms with Crippen LogP contribution in [0.3, 0.4) is 0 Å². The summed E-state index contributed by atoms with van der Waals surface area (Å²) in [5.74, 6) is -2.51. The second-order valence-corrected chi connectivity index (χ2v) is 5.18. The molecule has 0 saturated carbocycles. The van der Waals surface area contributed by atoms with Gasteiger partial charge in [-0.15, -0.1) is 0 Å². The lowest BCUT2D eigenvalue weighted by Crippen LogP contribution is -2.14. The van der Waals surface area contributed by atoms with E-state index in [4.69, 9.17) is 5.11 Å². The number of halogens is 2. The van der Waals surface area contributed by atoms with Crippen molar-refractivity contribution in [1.82, 2.24) is 0 Å². The lowest BCUT2D eigenvalue weighted by Gasteiger charge is -2.09. The molecule has 0 fully saturated rings. The van der Waals surface area contributed by atoms with E-state index in [0.717, 1.165) is 11.6 Å². The third-order valence-electron chi connectivity index (χ3n) is 2.90. The van der Waals surface area contributed by atoms with Gasteiger partial charge in [-0.3, -0.25) is 4.79 Å². The number of hydrogen-bond donors (Lipinski definition) is 2. The molecule has 0 saturated heterocycles. The average Bonchev–Trinajstić information content (AvgIpc) is 2.43. The SMILES string of the molecule is Cc1cccc(C(=O)Nc2ccc(C(=O)O)cc2F)c1Br. The predicted molar refractivity (Wildman–Crippen MR) is 80.2 cm³/mol. The van der Waals surface area contributed by atoms with Crippen molar-refractivity contribution >= 4 is 33.5 Å². The Morgan fingerprint density at radius 3 is 2.57 bits per heavy atom. The molecule has 0 aromatic heterocycles. The standard InChI is InChI=1S/C15H11BrFNO3/c1-8-3-2-4-10(13(8)16)14(19)18-12-6-5-9(15(20)21)7-11(12)17/h2-7H,1H3,(H,18,19)(H,20,21). The van der Waals surface area contributed by atoms with Gasteiger partial charge in [-0.1, -0.05) is 12.1 Å². The van der Waals surface area contributed by atoms with Crippen LogP contribution in [0.2, 0.25) is 0 Å². The second kappa shape index (κ2) is 6.05. The summed E-state index contributed by atoms with van der Waals surface area (Å²) in [6.45, 7) is 1.84. The largest absolute Gasteiger partial charge is 0.478 e. The van der Waals surface area contributed by atoms with Gasteiger partial charge >= 0.3 is 5.97 Å². The molecule has 2 aromatic carbocycles. The van der Waals surface area contributed by atoms with Crippen LogP contribution in [0.1, 0.15) is 26.3 Å². The summed E-state index contributed by atoms with van der Waals surface area (Å²) in [7, 11) is 0. The van der Waals surface area contributed by atoms with Crippen LogP contribution in [0.25, 0.3) is 0 Å². The number of carbonyl (C=O) groups excluding carboxylic acids is 1. The monoisotopic (exact) mass is 351 g/mol. The maximum atomic E-state index is 13.8. The molecule has 0 atom stereocenters. The number of amides is 1. The predicted octanol–water partition coefficient (Wildman–Crippen LogP) is 3.85. The molecular weight excluding hydrogens is 341 g/mol. The maximum Gasteiger partial charge on any atom is 0.335 e. The molecule has 2 rings (SSSR count). The number of anilines is 1. The third-order valence-corrected chi connectivity index (χ3v) is 3.95. The fourth-order valence-corrected chi connectivity index (χ4v) is 2.21.